The molecule has 2 unspecified atom stereocenters. The molecule has 6 nitrogen and oxygen atoms in total. The van der Waals surface area contributed by atoms with Crippen molar-refractivity contribution < 1.29 is 14.3 Å². The molecule has 0 aromatic heterocycles. The zero-order valence-corrected chi connectivity index (χ0v) is 12.9. The van der Waals surface area contributed by atoms with Crippen molar-refractivity contribution in [3.63, 3.8) is 0 Å². The van der Waals surface area contributed by atoms with Gasteiger partial charge in [-0.2, -0.15) is 0 Å². The minimum Gasteiger partial charge on any atom is -0.378 e. The number of hydrogen-bond acceptors (Lipinski definition) is 4. The molecular formula is C14H27N3O3. The first-order chi connectivity index (χ1) is 9.21. The van der Waals surface area contributed by atoms with E-state index >= 15 is 0 Å². The molecule has 1 saturated heterocycles. The second-order valence-electron chi connectivity index (χ2n) is 6.40. The monoisotopic (exact) mass is 285 g/mol. The summed E-state index contributed by atoms with van der Waals surface area (Å²) in [5.41, 5.74) is 5.84. The normalized spacial score (nSPS) is 19.4. The molecule has 1 heterocycles. The number of hydrogen-bond donors (Lipinski definition) is 2. The lowest BCUT2D eigenvalue weighted by Crippen LogP contribution is -2.51. The predicted molar refractivity (Wildman–Crippen MR) is 77.1 cm³/mol. The van der Waals surface area contributed by atoms with Crippen LogP contribution in [0.15, 0.2) is 0 Å². The summed E-state index contributed by atoms with van der Waals surface area (Å²) in [4.78, 5) is 25.8. The first kappa shape index (κ1) is 16.9. The Labute approximate surface area is 121 Å². The Bertz CT molecular complexity index is 346. The lowest BCUT2D eigenvalue weighted by molar-refractivity contribution is -0.139. The van der Waals surface area contributed by atoms with Gasteiger partial charge in [0.15, 0.2) is 0 Å². The highest BCUT2D eigenvalue weighted by atomic mass is 16.5. The molecule has 0 aromatic carbocycles. The molecule has 0 spiro atoms. The van der Waals surface area contributed by atoms with E-state index in [2.05, 4.69) is 5.32 Å². The fourth-order valence-electron chi connectivity index (χ4n) is 1.93. The summed E-state index contributed by atoms with van der Waals surface area (Å²) in [5, 5.41) is 2.73. The number of nitrogens with zero attached hydrogens (tertiary/aromatic N) is 1. The van der Waals surface area contributed by atoms with E-state index in [9.17, 15) is 9.59 Å². The van der Waals surface area contributed by atoms with E-state index in [0.717, 1.165) is 0 Å². The number of amides is 2. The Morgan fingerprint density at radius 3 is 2.35 bits per heavy atom. The molecular weight excluding hydrogens is 258 g/mol. The number of nitrogens with two attached hydrogens (primary N) is 1. The van der Waals surface area contributed by atoms with Crippen LogP contribution in [0.2, 0.25) is 0 Å². The number of nitrogens with one attached hydrogen (secondary N) is 1. The van der Waals surface area contributed by atoms with E-state index in [0.29, 0.717) is 26.3 Å². The molecule has 0 bridgehead atoms. The van der Waals surface area contributed by atoms with Crippen molar-refractivity contribution >= 4 is 11.8 Å². The van der Waals surface area contributed by atoms with Crippen molar-refractivity contribution in [2.24, 2.45) is 11.1 Å². The summed E-state index contributed by atoms with van der Waals surface area (Å²) in [6.45, 7) is 9.97. The fourth-order valence-corrected chi connectivity index (χ4v) is 1.93. The molecule has 20 heavy (non-hydrogen) atoms. The van der Waals surface area contributed by atoms with Gasteiger partial charge in [-0.15, -0.1) is 0 Å². The second-order valence-corrected chi connectivity index (χ2v) is 6.40. The minimum atomic E-state index is -0.521. The lowest BCUT2D eigenvalue weighted by atomic mass is 9.85. The largest absolute Gasteiger partial charge is 0.378 e. The molecule has 1 aliphatic rings. The third-order valence-electron chi connectivity index (χ3n) is 3.59. The van der Waals surface area contributed by atoms with Crippen LogP contribution >= 0.6 is 0 Å². The highest BCUT2D eigenvalue weighted by Crippen LogP contribution is 2.19. The fraction of sp³-hybridized carbons (Fsp3) is 0.857. The van der Waals surface area contributed by atoms with Gasteiger partial charge in [-0.3, -0.25) is 9.59 Å². The van der Waals surface area contributed by atoms with Crippen molar-refractivity contribution in [2.45, 2.75) is 46.2 Å². The highest BCUT2D eigenvalue weighted by molar-refractivity contribution is 5.87. The SMILES string of the molecule is CC(NC(=O)CC(N)C(C)(C)C)C(=O)N1CCOCC1. The third-order valence-corrected chi connectivity index (χ3v) is 3.59. The van der Waals surface area contributed by atoms with Crippen LogP contribution in [0, 0.1) is 5.41 Å². The Balaban J connectivity index is 2.42. The maximum atomic E-state index is 12.1. The van der Waals surface area contributed by atoms with Crippen molar-refractivity contribution in [3.05, 3.63) is 0 Å². The van der Waals surface area contributed by atoms with E-state index in [4.69, 9.17) is 10.5 Å². The van der Waals surface area contributed by atoms with Gasteiger partial charge >= 0.3 is 0 Å². The van der Waals surface area contributed by atoms with Crippen molar-refractivity contribution in [1.29, 1.82) is 0 Å². The van der Waals surface area contributed by atoms with Crippen LogP contribution in [-0.4, -0.2) is 55.1 Å². The highest BCUT2D eigenvalue weighted by Gasteiger charge is 2.26. The predicted octanol–water partition coefficient (Wildman–Crippen LogP) is 0.113. The summed E-state index contributed by atoms with van der Waals surface area (Å²) in [5.74, 6) is -0.243. The summed E-state index contributed by atoms with van der Waals surface area (Å²) in [6, 6.07) is -0.749. The van der Waals surface area contributed by atoms with Gasteiger partial charge < -0.3 is 20.7 Å². The Morgan fingerprint density at radius 2 is 1.85 bits per heavy atom. The Kier molecular flexibility index (Phi) is 5.95. The van der Waals surface area contributed by atoms with Crippen LogP contribution in [0.3, 0.4) is 0 Å². The van der Waals surface area contributed by atoms with Crippen LogP contribution in [0.4, 0.5) is 0 Å². The van der Waals surface area contributed by atoms with E-state index in [1.807, 2.05) is 20.8 Å². The molecule has 3 N–H and O–H groups in total. The number of carbonyl (C=O) groups excluding carboxylic acids is 2. The van der Waals surface area contributed by atoms with Gasteiger partial charge in [0.1, 0.15) is 6.04 Å². The van der Waals surface area contributed by atoms with E-state index in [1.54, 1.807) is 11.8 Å². The average molecular weight is 285 g/mol. The maximum Gasteiger partial charge on any atom is 0.245 e. The van der Waals surface area contributed by atoms with Gasteiger partial charge in [-0.05, 0) is 12.3 Å². The molecule has 1 aliphatic heterocycles. The maximum absolute atomic E-state index is 12.1. The Morgan fingerprint density at radius 1 is 1.30 bits per heavy atom. The molecule has 0 aromatic rings. The van der Waals surface area contributed by atoms with Crippen molar-refractivity contribution in [1.82, 2.24) is 10.2 Å². The average Bonchev–Trinajstić information content (AvgIpc) is 2.37. The molecule has 0 saturated carbocycles. The summed E-state index contributed by atoms with van der Waals surface area (Å²) < 4.78 is 5.20. The lowest BCUT2D eigenvalue weighted by Gasteiger charge is -2.30. The van der Waals surface area contributed by atoms with Crippen LogP contribution < -0.4 is 11.1 Å². The summed E-state index contributed by atoms with van der Waals surface area (Å²) in [7, 11) is 0. The van der Waals surface area contributed by atoms with Crippen molar-refractivity contribution in [3.8, 4) is 0 Å². The number of morpholine rings is 1. The molecule has 1 fully saturated rings. The molecule has 6 heteroatoms. The third kappa shape index (κ3) is 5.09. The van der Waals surface area contributed by atoms with E-state index in [-0.39, 0.29) is 29.7 Å². The smallest absolute Gasteiger partial charge is 0.245 e. The van der Waals surface area contributed by atoms with Crippen LogP contribution in [0.1, 0.15) is 34.1 Å². The van der Waals surface area contributed by atoms with Gasteiger partial charge in [-0.1, -0.05) is 20.8 Å². The molecule has 116 valence electrons. The topological polar surface area (TPSA) is 84.7 Å². The Hall–Kier alpha value is -1.14. The van der Waals surface area contributed by atoms with Crippen LogP contribution in [-0.2, 0) is 14.3 Å². The molecule has 0 aliphatic carbocycles. The van der Waals surface area contributed by atoms with Crippen LogP contribution in [0.25, 0.3) is 0 Å². The first-order valence-electron chi connectivity index (χ1n) is 7.13. The molecule has 1 rings (SSSR count). The van der Waals surface area contributed by atoms with E-state index in [1.165, 1.54) is 0 Å². The molecule has 2 atom stereocenters. The summed E-state index contributed by atoms with van der Waals surface area (Å²) >= 11 is 0. The number of ether oxygens (including phenoxy) is 1. The zero-order chi connectivity index (χ0) is 15.3. The first-order valence-corrected chi connectivity index (χ1v) is 7.13. The van der Waals surface area contributed by atoms with Gasteiger partial charge in [0, 0.05) is 25.6 Å². The van der Waals surface area contributed by atoms with Crippen LogP contribution in [0.5, 0.6) is 0 Å². The van der Waals surface area contributed by atoms with Crippen molar-refractivity contribution in [2.75, 3.05) is 26.3 Å². The second kappa shape index (κ2) is 7.04. The standard InChI is InChI=1S/C14H27N3O3/c1-10(13(19)17-5-7-20-8-6-17)16-12(18)9-11(15)14(2,3)4/h10-11H,5-9,15H2,1-4H3,(H,16,18). The van der Waals surface area contributed by atoms with Gasteiger partial charge in [0.25, 0.3) is 0 Å². The van der Waals surface area contributed by atoms with E-state index < -0.39 is 6.04 Å². The number of rotatable bonds is 4. The quantitative estimate of drug-likeness (QED) is 0.768. The number of carbonyl (C=O) groups is 2. The van der Waals surface area contributed by atoms with Gasteiger partial charge in [-0.25, -0.2) is 0 Å². The zero-order valence-electron chi connectivity index (χ0n) is 12.9. The minimum absolute atomic E-state index is 0.0639. The van der Waals surface area contributed by atoms with Gasteiger partial charge in [0.2, 0.25) is 11.8 Å². The summed E-state index contributed by atoms with van der Waals surface area (Å²) in [6.07, 6.45) is 0.226. The van der Waals surface area contributed by atoms with Gasteiger partial charge in [0.05, 0.1) is 13.2 Å². The molecule has 0 radical (unpaired) electrons. The molecule has 2 amide bonds.